The molecule has 1 atom stereocenters. The number of primary sulfonamides is 1. The third kappa shape index (κ3) is 4.75. The summed E-state index contributed by atoms with van der Waals surface area (Å²) in [5.74, 6) is 0. The molecule has 10 heteroatoms. The van der Waals surface area contributed by atoms with Gasteiger partial charge in [0.15, 0.2) is 5.11 Å². The molecule has 8 nitrogen and oxygen atoms in total. The Morgan fingerprint density at radius 2 is 1.73 bits per heavy atom. The zero-order valence-corrected chi connectivity index (χ0v) is 15.8. The number of thiocarbonyl (C=S) groups is 1. The molecule has 0 saturated carbocycles. The van der Waals surface area contributed by atoms with Gasteiger partial charge in [0, 0.05) is 24.9 Å². The van der Waals surface area contributed by atoms with Crippen LogP contribution in [0.2, 0.25) is 0 Å². The predicted octanol–water partition coefficient (Wildman–Crippen LogP) is 2.63. The fourth-order valence-corrected chi connectivity index (χ4v) is 3.01. The molecule has 26 heavy (non-hydrogen) atoms. The molecule has 0 unspecified atom stereocenters. The van der Waals surface area contributed by atoms with Crippen molar-refractivity contribution in [1.82, 2.24) is 4.90 Å². The van der Waals surface area contributed by atoms with E-state index < -0.39 is 14.9 Å². The molecule has 138 valence electrons. The summed E-state index contributed by atoms with van der Waals surface area (Å²) >= 11 is 5.37. The Morgan fingerprint density at radius 1 is 1.19 bits per heavy atom. The van der Waals surface area contributed by atoms with Crippen molar-refractivity contribution in [3.8, 4) is 0 Å². The Labute approximate surface area is 156 Å². The van der Waals surface area contributed by atoms with Gasteiger partial charge in [-0.05, 0) is 49.0 Å². The molecule has 0 aliphatic carbocycles. The van der Waals surface area contributed by atoms with Crippen LogP contribution in [0.3, 0.4) is 0 Å². The largest absolute Gasteiger partial charge is 0.345 e. The van der Waals surface area contributed by atoms with Gasteiger partial charge in [0.05, 0.1) is 15.9 Å². The van der Waals surface area contributed by atoms with Gasteiger partial charge in [-0.15, -0.1) is 0 Å². The van der Waals surface area contributed by atoms with Crippen LogP contribution in [0, 0.1) is 10.1 Å². The fourth-order valence-electron chi connectivity index (χ4n) is 2.21. The maximum Gasteiger partial charge on any atom is 0.269 e. The molecule has 0 heterocycles. The maximum atomic E-state index is 11.3. The lowest BCUT2D eigenvalue weighted by atomic mass is 10.1. The number of rotatable bonds is 5. The van der Waals surface area contributed by atoms with Crippen LogP contribution in [0.4, 0.5) is 11.4 Å². The Hall–Kier alpha value is -2.56. The van der Waals surface area contributed by atoms with Crippen LogP contribution < -0.4 is 10.5 Å². The van der Waals surface area contributed by atoms with E-state index in [1.807, 2.05) is 6.92 Å². The summed E-state index contributed by atoms with van der Waals surface area (Å²) in [5, 5.41) is 19.2. The first-order valence-corrected chi connectivity index (χ1v) is 9.46. The number of hydrogen-bond acceptors (Lipinski definition) is 5. The molecule has 0 radical (unpaired) electrons. The van der Waals surface area contributed by atoms with Gasteiger partial charge in [0.1, 0.15) is 0 Å². The second-order valence-electron chi connectivity index (χ2n) is 5.64. The van der Waals surface area contributed by atoms with Crippen LogP contribution in [0.25, 0.3) is 0 Å². The highest BCUT2D eigenvalue weighted by Crippen LogP contribution is 2.22. The quantitative estimate of drug-likeness (QED) is 0.454. The lowest BCUT2D eigenvalue weighted by molar-refractivity contribution is -0.384. The first-order chi connectivity index (χ1) is 12.1. The smallest absolute Gasteiger partial charge is 0.269 e. The number of benzene rings is 2. The topological polar surface area (TPSA) is 119 Å². The van der Waals surface area contributed by atoms with E-state index in [4.69, 9.17) is 17.4 Å². The van der Waals surface area contributed by atoms with Crippen LogP contribution in [-0.2, 0) is 10.0 Å². The van der Waals surface area contributed by atoms with Gasteiger partial charge in [-0.3, -0.25) is 10.1 Å². The average molecular weight is 394 g/mol. The van der Waals surface area contributed by atoms with Gasteiger partial charge in [0.25, 0.3) is 5.69 Å². The minimum Gasteiger partial charge on any atom is -0.345 e. The molecule has 0 saturated heterocycles. The first kappa shape index (κ1) is 19.8. The Balaban J connectivity index is 2.08. The van der Waals surface area contributed by atoms with Gasteiger partial charge in [-0.25, -0.2) is 13.6 Å². The number of sulfonamides is 1. The third-order valence-corrected chi connectivity index (χ3v) is 5.24. The number of hydrogen-bond donors (Lipinski definition) is 2. The van der Waals surface area contributed by atoms with Gasteiger partial charge in [0.2, 0.25) is 10.0 Å². The lowest BCUT2D eigenvalue weighted by Crippen LogP contribution is -2.33. The molecule has 0 aliphatic heterocycles. The predicted molar refractivity (Wildman–Crippen MR) is 103 cm³/mol. The summed E-state index contributed by atoms with van der Waals surface area (Å²) in [7, 11) is -1.94. The van der Waals surface area contributed by atoms with Crippen LogP contribution in [-0.4, -0.2) is 30.4 Å². The second kappa shape index (κ2) is 7.77. The van der Waals surface area contributed by atoms with Crippen LogP contribution in [0.1, 0.15) is 18.5 Å². The molecule has 0 amide bonds. The lowest BCUT2D eigenvalue weighted by Gasteiger charge is -2.28. The highest BCUT2D eigenvalue weighted by molar-refractivity contribution is 7.89. The van der Waals surface area contributed by atoms with Crippen molar-refractivity contribution >= 4 is 38.7 Å². The molecule has 0 aliphatic rings. The zero-order chi connectivity index (χ0) is 19.5. The summed E-state index contributed by atoms with van der Waals surface area (Å²) < 4.78 is 22.6. The van der Waals surface area contributed by atoms with Gasteiger partial charge < -0.3 is 10.2 Å². The minimum atomic E-state index is -3.73. The van der Waals surface area contributed by atoms with Crippen molar-refractivity contribution in [3.05, 3.63) is 64.2 Å². The number of non-ortho nitro benzene ring substituents is 1. The normalized spacial score (nSPS) is 12.3. The molecule has 0 bridgehead atoms. The van der Waals surface area contributed by atoms with Crippen molar-refractivity contribution in [2.45, 2.75) is 17.9 Å². The van der Waals surface area contributed by atoms with E-state index in [9.17, 15) is 18.5 Å². The summed E-state index contributed by atoms with van der Waals surface area (Å²) in [5.41, 5.74) is 1.48. The number of nitrogens with two attached hydrogens (primary N) is 1. The van der Waals surface area contributed by atoms with Crippen molar-refractivity contribution < 1.29 is 13.3 Å². The van der Waals surface area contributed by atoms with E-state index in [0.29, 0.717) is 10.8 Å². The molecule has 2 aromatic carbocycles. The third-order valence-electron chi connectivity index (χ3n) is 3.92. The summed E-state index contributed by atoms with van der Waals surface area (Å²) in [6.45, 7) is 1.91. The zero-order valence-electron chi connectivity index (χ0n) is 14.1. The van der Waals surface area contributed by atoms with Crippen LogP contribution >= 0.6 is 12.2 Å². The van der Waals surface area contributed by atoms with Gasteiger partial charge >= 0.3 is 0 Å². The monoisotopic (exact) mass is 394 g/mol. The standard InChI is InChI=1S/C16H18N4O4S2/c1-11(12-3-9-15(10-4-12)26(17,23)24)19(2)16(25)18-13-5-7-14(8-6-13)20(21)22/h3-11H,1-2H3,(H,18,25)(H2,17,23,24)/t11-/m1/s1. The maximum absolute atomic E-state index is 11.3. The van der Waals surface area contributed by atoms with E-state index >= 15 is 0 Å². The second-order valence-corrected chi connectivity index (χ2v) is 7.58. The molecule has 0 aromatic heterocycles. The van der Waals surface area contributed by atoms with E-state index in [2.05, 4.69) is 5.32 Å². The SMILES string of the molecule is C[C@H](c1ccc(S(N)(=O)=O)cc1)N(C)C(=S)Nc1ccc([N+](=O)[O-])cc1. The van der Waals surface area contributed by atoms with Gasteiger partial charge in [-0.1, -0.05) is 12.1 Å². The van der Waals surface area contributed by atoms with E-state index in [1.54, 1.807) is 36.2 Å². The Kier molecular flexibility index (Phi) is 5.90. The Bertz CT molecular complexity index is 912. The highest BCUT2D eigenvalue weighted by atomic mass is 32.2. The number of nitro groups is 1. The molecule has 0 fully saturated rings. The van der Waals surface area contributed by atoms with Crippen molar-refractivity contribution in [2.75, 3.05) is 12.4 Å². The summed E-state index contributed by atoms with van der Waals surface area (Å²) in [6.07, 6.45) is 0. The molecular weight excluding hydrogens is 376 g/mol. The summed E-state index contributed by atoms with van der Waals surface area (Å²) in [6, 6.07) is 12.0. The molecule has 2 aromatic rings. The van der Waals surface area contributed by atoms with Crippen molar-refractivity contribution in [1.29, 1.82) is 0 Å². The number of nitro benzene ring substituents is 1. The molecule has 3 N–H and O–H groups in total. The van der Waals surface area contributed by atoms with Crippen LogP contribution in [0.15, 0.2) is 53.4 Å². The number of nitrogens with one attached hydrogen (secondary N) is 1. The minimum absolute atomic E-state index is 0.00173. The number of anilines is 1. The van der Waals surface area contributed by atoms with E-state index in [1.165, 1.54) is 24.3 Å². The molecular formula is C16H18N4O4S2. The van der Waals surface area contributed by atoms with Crippen LogP contribution in [0.5, 0.6) is 0 Å². The van der Waals surface area contributed by atoms with Gasteiger partial charge in [-0.2, -0.15) is 0 Å². The molecule has 2 rings (SSSR count). The highest BCUT2D eigenvalue weighted by Gasteiger charge is 2.16. The van der Waals surface area contributed by atoms with Crippen molar-refractivity contribution in [3.63, 3.8) is 0 Å². The average Bonchev–Trinajstić information content (AvgIpc) is 2.60. The first-order valence-electron chi connectivity index (χ1n) is 7.50. The van der Waals surface area contributed by atoms with E-state index in [0.717, 1.165) is 5.56 Å². The summed E-state index contributed by atoms with van der Waals surface area (Å²) in [4.78, 5) is 12.0. The Morgan fingerprint density at radius 3 is 2.19 bits per heavy atom. The fraction of sp³-hybridized carbons (Fsp3) is 0.188. The molecule has 0 spiro atoms. The number of nitrogens with zero attached hydrogens (tertiary/aromatic N) is 2. The van der Waals surface area contributed by atoms with Crippen molar-refractivity contribution in [2.24, 2.45) is 5.14 Å². The van der Waals surface area contributed by atoms with E-state index in [-0.39, 0.29) is 16.6 Å².